The number of nitrogens with zero attached hydrogens (tertiary/aromatic N) is 1. The molecule has 0 heterocycles. The molecule has 0 aliphatic heterocycles. The van der Waals surface area contributed by atoms with E-state index in [1.54, 1.807) is 0 Å². The molecule has 0 aromatic heterocycles. The van der Waals surface area contributed by atoms with Crippen molar-refractivity contribution in [3.63, 3.8) is 0 Å². The fourth-order valence-electron chi connectivity index (χ4n) is 3.18. The van der Waals surface area contributed by atoms with Crippen molar-refractivity contribution in [1.29, 1.82) is 5.26 Å². The summed E-state index contributed by atoms with van der Waals surface area (Å²) in [7, 11) is 0. The molecule has 3 nitrogen and oxygen atoms in total. The predicted octanol–water partition coefficient (Wildman–Crippen LogP) is 4.03. The van der Waals surface area contributed by atoms with Crippen LogP contribution in [0.4, 0.5) is 0 Å². The van der Waals surface area contributed by atoms with Crippen molar-refractivity contribution in [1.82, 2.24) is 5.32 Å². The average Bonchev–Trinajstić information content (AvgIpc) is 2.48. The quantitative estimate of drug-likeness (QED) is 0.693. The molecule has 3 heteroatoms. The van der Waals surface area contributed by atoms with E-state index in [9.17, 15) is 5.26 Å². The van der Waals surface area contributed by atoms with Crippen LogP contribution in [-0.4, -0.2) is 24.8 Å². The minimum Gasteiger partial charge on any atom is -0.378 e. The molecule has 1 N–H and O–H groups in total. The van der Waals surface area contributed by atoms with Gasteiger partial charge in [-0.3, -0.25) is 5.32 Å². The summed E-state index contributed by atoms with van der Waals surface area (Å²) >= 11 is 0. The first kappa shape index (κ1) is 17.5. The molecule has 0 spiro atoms. The van der Waals surface area contributed by atoms with Gasteiger partial charge in [0.2, 0.25) is 0 Å². The topological polar surface area (TPSA) is 45.0 Å². The van der Waals surface area contributed by atoms with Crippen molar-refractivity contribution in [2.75, 3.05) is 13.2 Å². The Bertz CT molecular complexity index is 296. The van der Waals surface area contributed by atoms with Crippen LogP contribution in [0.2, 0.25) is 0 Å². The smallest absolute Gasteiger partial charge is 0.109 e. The average molecular weight is 280 g/mol. The van der Waals surface area contributed by atoms with Crippen molar-refractivity contribution in [2.24, 2.45) is 5.92 Å². The minimum absolute atomic E-state index is 0.262. The van der Waals surface area contributed by atoms with Crippen molar-refractivity contribution < 1.29 is 4.74 Å². The van der Waals surface area contributed by atoms with E-state index in [1.165, 1.54) is 25.7 Å². The molecular weight excluding hydrogens is 248 g/mol. The number of hydrogen-bond acceptors (Lipinski definition) is 3. The van der Waals surface area contributed by atoms with Gasteiger partial charge in [-0.2, -0.15) is 5.26 Å². The van der Waals surface area contributed by atoms with Crippen LogP contribution in [-0.2, 0) is 4.74 Å². The Labute approximate surface area is 125 Å². The van der Waals surface area contributed by atoms with Crippen LogP contribution in [0.1, 0.15) is 72.1 Å². The molecule has 0 aromatic carbocycles. The van der Waals surface area contributed by atoms with Crippen LogP contribution < -0.4 is 5.32 Å². The van der Waals surface area contributed by atoms with Crippen LogP contribution in [0, 0.1) is 17.2 Å². The van der Waals surface area contributed by atoms with Gasteiger partial charge in [0.15, 0.2) is 0 Å². The first-order chi connectivity index (χ1) is 9.69. The third-order valence-corrected chi connectivity index (χ3v) is 4.55. The maximum Gasteiger partial charge on any atom is 0.109 e. The molecule has 0 bridgehead atoms. The van der Waals surface area contributed by atoms with E-state index in [-0.39, 0.29) is 11.6 Å². The summed E-state index contributed by atoms with van der Waals surface area (Å²) in [5, 5.41) is 12.8. The van der Waals surface area contributed by atoms with Gasteiger partial charge in [0, 0.05) is 13.0 Å². The summed E-state index contributed by atoms with van der Waals surface area (Å²) in [4.78, 5) is 0. The Balaban J connectivity index is 2.41. The van der Waals surface area contributed by atoms with Gasteiger partial charge in [-0.1, -0.05) is 40.0 Å². The Hall–Kier alpha value is -0.590. The number of rotatable bonds is 9. The van der Waals surface area contributed by atoms with E-state index >= 15 is 0 Å². The highest BCUT2D eigenvalue weighted by atomic mass is 16.5. The fourth-order valence-corrected chi connectivity index (χ4v) is 3.18. The van der Waals surface area contributed by atoms with Crippen LogP contribution in [0.3, 0.4) is 0 Å². The molecule has 116 valence electrons. The largest absolute Gasteiger partial charge is 0.378 e. The second kappa shape index (κ2) is 9.37. The van der Waals surface area contributed by atoms with Gasteiger partial charge in [-0.05, 0) is 38.1 Å². The molecular formula is C17H32N2O. The zero-order chi connectivity index (χ0) is 14.8. The summed E-state index contributed by atoms with van der Waals surface area (Å²) < 4.78 is 6.15. The number of nitriles is 1. The molecule has 0 saturated heterocycles. The molecule has 0 radical (unpaired) electrons. The summed E-state index contributed by atoms with van der Waals surface area (Å²) in [6, 6.07) is 2.49. The predicted molar refractivity (Wildman–Crippen MR) is 83.5 cm³/mol. The third-order valence-electron chi connectivity index (χ3n) is 4.55. The molecule has 1 rings (SSSR count). The zero-order valence-corrected chi connectivity index (χ0v) is 13.6. The van der Waals surface area contributed by atoms with Crippen molar-refractivity contribution in [3.8, 4) is 6.07 Å². The molecule has 3 unspecified atom stereocenters. The summed E-state index contributed by atoms with van der Waals surface area (Å²) in [6.45, 7) is 8.29. The Morgan fingerprint density at radius 2 is 2.20 bits per heavy atom. The van der Waals surface area contributed by atoms with Gasteiger partial charge in [-0.25, -0.2) is 0 Å². The Kier molecular flexibility index (Phi) is 8.18. The Morgan fingerprint density at radius 1 is 1.40 bits per heavy atom. The minimum atomic E-state index is -0.344. The van der Waals surface area contributed by atoms with E-state index in [0.717, 1.165) is 38.8 Å². The lowest BCUT2D eigenvalue weighted by molar-refractivity contribution is -0.0103. The lowest BCUT2D eigenvalue weighted by Crippen LogP contribution is -2.49. The van der Waals surface area contributed by atoms with Crippen LogP contribution in [0.25, 0.3) is 0 Å². The van der Waals surface area contributed by atoms with Crippen molar-refractivity contribution >= 4 is 0 Å². The number of ether oxygens (including phenoxy) is 1. The SMILES string of the molecule is CCCCC(CC)COC1CCCC(C#N)(NCC)C1. The van der Waals surface area contributed by atoms with Gasteiger partial charge in [0.05, 0.1) is 12.2 Å². The highest BCUT2D eigenvalue weighted by Crippen LogP contribution is 2.30. The summed E-state index contributed by atoms with van der Waals surface area (Å²) in [6.07, 6.45) is 9.31. The highest BCUT2D eigenvalue weighted by molar-refractivity contribution is 5.10. The Morgan fingerprint density at radius 3 is 2.80 bits per heavy atom. The van der Waals surface area contributed by atoms with E-state index < -0.39 is 0 Å². The van der Waals surface area contributed by atoms with Gasteiger partial charge in [0.1, 0.15) is 5.54 Å². The first-order valence-electron chi connectivity index (χ1n) is 8.47. The van der Waals surface area contributed by atoms with Crippen LogP contribution in [0.15, 0.2) is 0 Å². The molecule has 3 atom stereocenters. The van der Waals surface area contributed by atoms with Crippen LogP contribution in [0.5, 0.6) is 0 Å². The number of hydrogen-bond donors (Lipinski definition) is 1. The van der Waals surface area contributed by atoms with Gasteiger partial charge in [-0.15, -0.1) is 0 Å². The summed E-state index contributed by atoms with van der Waals surface area (Å²) in [5.41, 5.74) is -0.344. The lowest BCUT2D eigenvalue weighted by atomic mass is 9.81. The van der Waals surface area contributed by atoms with Crippen molar-refractivity contribution in [2.45, 2.75) is 83.8 Å². The third kappa shape index (κ3) is 5.42. The standard InChI is InChI=1S/C17H32N2O/c1-4-7-9-15(5-2)13-20-16-10-8-11-17(12-16,14-18)19-6-3/h15-16,19H,4-13H2,1-3H3. The molecule has 1 fully saturated rings. The van der Waals surface area contributed by atoms with Crippen molar-refractivity contribution in [3.05, 3.63) is 0 Å². The van der Waals surface area contributed by atoms with Gasteiger partial charge >= 0.3 is 0 Å². The molecule has 1 saturated carbocycles. The normalized spacial score (nSPS) is 28.0. The van der Waals surface area contributed by atoms with E-state index in [1.807, 2.05) is 0 Å². The maximum atomic E-state index is 9.46. The van der Waals surface area contributed by atoms with E-state index in [2.05, 4.69) is 32.2 Å². The monoisotopic (exact) mass is 280 g/mol. The van der Waals surface area contributed by atoms with E-state index in [4.69, 9.17) is 4.74 Å². The highest BCUT2D eigenvalue weighted by Gasteiger charge is 2.36. The molecule has 20 heavy (non-hydrogen) atoms. The van der Waals surface area contributed by atoms with Gasteiger partial charge < -0.3 is 4.74 Å². The fraction of sp³-hybridized carbons (Fsp3) is 0.941. The maximum absolute atomic E-state index is 9.46. The van der Waals surface area contributed by atoms with Gasteiger partial charge in [0.25, 0.3) is 0 Å². The molecule has 1 aliphatic carbocycles. The molecule has 0 amide bonds. The second-order valence-electron chi connectivity index (χ2n) is 6.19. The second-order valence-corrected chi connectivity index (χ2v) is 6.19. The van der Waals surface area contributed by atoms with E-state index in [0.29, 0.717) is 5.92 Å². The lowest BCUT2D eigenvalue weighted by Gasteiger charge is -2.36. The molecule has 0 aromatic rings. The zero-order valence-electron chi connectivity index (χ0n) is 13.6. The van der Waals surface area contributed by atoms with Crippen LogP contribution >= 0.6 is 0 Å². The molecule has 1 aliphatic rings. The number of unbranched alkanes of at least 4 members (excludes halogenated alkanes) is 1. The number of nitrogens with one attached hydrogen (secondary N) is 1. The summed E-state index contributed by atoms with van der Waals surface area (Å²) in [5.74, 6) is 0.687. The first-order valence-corrected chi connectivity index (χ1v) is 8.47.